The Kier molecular flexibility index (Phi) is 3.95. The first-order valence-corrected chi connectivity index (χ1v) is 7.69. The molecule has 0 aromatic rings. The SMILES string of the molecule is O=C([C@@H]1C[C@H](N2CCCCC2)CN1)N1CCC(F)(F)C1. The van der Waals surface area contributed by atoms with Crippen LogP contribution in [0.3, 0.4) is 0 Å². The highest BCUT2D eigenvalue weighted by Gasteiger charge is 2.43. The van der Waals surface area contributed by atoms with Gasteiger partial charge in [0, 0.05) is 25.6 Å². The maximum Gasteiger partial charge on any atom is 0.267 e. The molecule has 0 aromatic carbocycles. The number of alkyl halides is 2. The van der Waals surface area contributed by atoms with Crippen molar-refractivity contribution in [3.63, 3.8) is 0 Å². The van der Waals surface area contributed by atoms with Crippen molar-refractivity contribution in [3.05, 3.63) is 0 Å². The van der Waals surface area contributed by atoms with Crippen LogP contribution in [0.4, 0.5) is 8.78 Å². The molecule has 0 aliphatic carbocycles. The van der Waals surface area contributed by atoms with E-state index in [0.717, 1.165) is 26.1 Å². The molecule has 3 saturated heterocycles. The Morgan fingerprint density at radius 3 is 2.55 bits per heavy atom. The summed E-state index contributed by atoms with van der Waals surface area (Å²) < 4.78 is 26.4. The Bertz CT molecular complexity index is 371. The molecular weight excluding hydrogens is 264 g/mol. The van der Waals surface area contributed by atoms with Crippen molar-refractivity contribution in [1.29, 1.82) is 0 Å². The fraction of sp³-hybridized carbons (Fsp3) is 0.929. The Hall–Kier alpha value is -0.750. The van der Waals surface area contributed by atoms with E-state index in [4.69, 9.17) is 0 Å². The summed E-state index contributed by atoms with van der Waals surface area (Å²) in [5.41, 5.74) is 0. The van der Waals surface area contributed by atoms with Crippen molar-refractivity contribution in [1.82, 2.24) is 15.1 Å². The van der Waals surface area contributed by atoms with Crippen LogP contribution in [0.2, 0.25) is 0 Å². The van der Waals surface area contributed by atoms with Crippen LogP contribution in [0.5, 0.6) is 0 Å². The van der Waals surface area contributed by atoms with Gasteiger partial charge >= 0.3 is 0 Å². The standard InChI is InChI=1S/C14H23F2N3O/c15-14(16)4-7-19(10-14)13(20)12-8-11(9-17-12)18-5-2-1-3-6-18/h11-12,17H,1-10H2/t11-,12-/m0/s1. The highest BCUT2D eigenvalue weighted by Crippen LogP contribution is 2.28. The van der Waals surface area contributed by atoms with E-state index >= 15 is 0 Å². The van der Waals surface area contributed by atoms with E-state index in [9.17, 15) is 13.6 Å². The molecule has 6 heteroatoms. The molecule has 0 radical (unpaired) electrons. The van der Waals surface area contributed by atoms with Gasteiger partial charge in [-0.2, -0.15) is 0 Å². The van der Waals surface area contributed by atoms with E-state index in [2.05, 4.69) is 10.2 Å². The number of hydrogen-bond donors (Lipinski definition) is 1. The zero-order chi connectivity index (χ0) is 14.2. The Labute approximate surface area is 118 Å². The van der Waals surface area contributed by atoms with Crippen LogP contribution in [0.25, 0.3) is 0 Å². The van der Waals surface area contributed by atoms with Gasteiger partial charge in [0.1, 0.15) is 0 Å². The number of carbonyl (C=O) groups is 1. The molecule has 3 aliphatic heterocycles. The first-order valence-electron chi connectivity index (χ1n) is 7.69. The van der Waals surface area contributed by atoms with Crippen LogP contribution in [0.15, 0.2) is 0 Å². The highest BCUT2D eigenvalue weighted by atomic mass is 19.3. The van der Waals surface area contributed by atoms with Crippen LogP contribution >= 0.6 is 0 Å². The first-order chi connectivity index (χ1) is 9.55. The van der Waals surface area contributed by atoms with Crippen LogP contribution in [0, 0.1) is 0 Å². The summed E-state index contributed by atoms with van der Waals surface area (Å²) in [5.74, 6) is -2.83. The molecule has 4 nitrogen and oxygen atoms in total. The highest BCUT2D eigenvalue weighted by molar-refractivity contribution is 5.82. The van der Waals surface area contributed by atoms with Crippen molar-refractivity contribution < 1.29 is 13.6 Å². The molecule has 0 unspecified atom stereocenters. The van der Waals surface area contributed by atoms with Gasteiger partial charge in [-0.15, -0.1) is 0 Å². The minimum atomic E-state index is -2.69. The molecule has 3 aliphatic rings. The number of rotatable bonds is 2. The molecule has 3 fully saturated rings. The third-order valence-electron chi connectivity index (χ3n) is 4.79. The lowest BCUT2D eigenvalue weighted by molar-refractivity contribution is -0.133. The van der Waals surface area contributed by atoms with Gasteiger partial charge in [-0.25, -0.2) is 8.78 Å². The maximum atomic E-state index is 13.2. The number of likely N-dealkylation sites (tertiary alicyclic amines) is 2. The minimum Gasteiger partial charge on any atom is -0.335 e. The number of piperidine rings is 1. The van der Waals surface area contributed by atoms with Gasteiger partial charge in [-0.05, 0) is 32.4 Å². The zero-order valence-electron chi connectivity index (χ0n) is 11.8. The summed E-state index contributed by atoms with van der Waals surface area (Å²) in [6, 6.07) is 0.128. The molecular formula is C14H23F2N3O. The summed E-state index contributed by atoms with van der Waals surface area (Å²) in [7, 11) is 0. The second kappa shape index (κ2) is 5.56. The van der Waals surface area contributed by atoms with Gasteiger partial charge in [0.2, 0.25) is 5.91 Å². The summed E-state index contributed by atoms with van der Waals surface area (Å²) in [6.45, 7) is 2.81. The van der Waals surface area contributed by atoms with Crippen molar-refractivity contribution in [2.45, 2.75) is 50.1 Å². The van der Waals surface area contributed by atoms with Crippen LogP contribution < -0.4 is 5.32 Å². The average Bonchev–Trinajstić information content (AvgIpc) is 3.05. The van der Waals surface area contributed by atoms with Gasteiger partial charge < -0.3 is 10.2 Å². The number of nitrogens with one attached hydrogen (secondary N) is 1. The molecule has 0 spiro atoms. The van der Waals surface area contributed by atoms with Crippen molar-refractivity contribution in [3.8, 4) is 0 Å². The van der Waals surface area contributed by atoms with Crippen molar-refractivity contribution in [2.75, 3.05) is 32.7 Å². The monoisotopic (exact) mass is 287 g/mol. The Morgan fingerprint density at radius 1 is 1.15 bits per heavy atom. The van der Waals surface area contributed by atoms with Crippen molar-refractivity contribution >= 4 is 5.91 Å². The van der Waals surface area contributed by atoms with Crippen molar-refractivity contribution in [2.24, 2.45) is 0 Å². The van der Waals surface area contributed by atoms with E-state index in [-0.39, 0.29) is 24.9 Å². The fourth-order valence-corrected chi connectivity index (χ4v) is 3.61. The normalized spacial score (nSPS) is 34.6. The molecule has 20 heavy (non-hydrogen) atoms. The van der Waals surface area contributed by atoms with Gasteiger partial charge in [0.15, 0.2) is 0 Å². The Morgan fingerprint density at radius 2 is 1.90 bits per heavy atom. The van der Waals surface area contributed by atoms with E-state index in [1.807, 2.05) is 0 Å². The van der Waals surface area contributed by atoms with Crippen LogP contribution in [0.1, 0.15) is 32.1 Å². The molecule has 114 valence electrons. The van der Waals surface area contributed by atoms with Gasteiger partial charge in [0.05, 0.1) is 12.6 Å². The molecule has 1 N–H and O–H groups in total. The first kappa shape index (κ1) is 14.2. The molecule has 3 heterocycles. The minimum absolute atomic E-state index is 0.137. The number of amides is 1. The van der Waals surface area contributed by atoms with Gasteiger partial charge in [0.25, 0.3) is 5.92 Å². The lowest BCUT2D eigenvalue weighted by Gasteiger charge is -2.31. The predicted molar refractivity (Wildman–Crippen MR) is 71.8 cm³/mol. The lowest BCUT2D eigenvalue weighted by Crippen LogP contribution is -2.43. The van der Waals surface area contributed by atoms with E-state index in [1.54, 1.807) is 0 Å². The Balaban J connectivity index is 1.53. The summed E-state index contributed by atoms with van der Waals surface area (Å²) >= 11 is 0. The largest absolute Gasteiger partial charge is 0.335 e. The fourth-order valence-electron chi connectivity index (χ4n) is 3.61. The summed E-state index contributed by atoms with van der Waals surface area (Å²) in [4.78, 5) is 16.1. The summed E-state index contributed by atoms with van der Waals surface area (Å²) in [5, 5.41) is 3.23. The predicted octanol–water partition coefficient (Wildman–Crippen LogP) is 1.07. The maximum absolute atomic E-state index is 13.2. The lowest BCUT2D eigenvalue weighted by atomic mass is 10.1. The molecule has 2 atom stereocenters. The van der Waals surface area contributed by atoms with E-state index < -0.39 is 12.5 Å². The van der Waals surface area contributed by atoms with Gasteiger partial charge in [-0.3, -0.25) is 9.69 Å². The second-order valence-electron chi connectivity index (χ2n) is 6.31. The number of hydrogen-bond acceptors (Lipinski definition) is 3. The van der Waals surface area contributed by atoms with E-state index in [0.29, 0.717) is 6.04 Å². The topological polar surface area (TPSA) is 35.6 Å². The smallest absolute Gasteiger partial charge is 0.267 e. The third kappa shape index (κ3) is 2.96. The molecule has 0 saturated carbocycles. The molecule has 3 rings (SSSR count). The number of carbonyl (C=O) groups excluding carboxylic acids is 1. The second-order valence-corrected chi connectivity index (χ2v) is 6.31. The third-order valence-corrected chi connectivity index (χ3v) is 4.79. The molecule has 0 aromatic heterocycles. The zero-order valence-corrected chi connectivity index (χ0v) is 11.8. The molecule has 1 amide bonds. The van der Waals surface area contributed by atoms with Crippen LogP contribution in [-0.4, -0.2) is 66.4 Å². The average molecular weight is 287 g/mol. The summed E-state index contributed by atoms with van der Waals surface area (Å²) in [6.07, 6.45) is 4.32. The van der Waals surface area contributed by atoms with E-state index in [1.165, 1.54) is 24.2 Å². The van der Waals surface area contributed by atoms with Crippen LogP contribution in [-0.2, 0) is 4.79 Å². The molecule has 0 bridgehead atoms. The number of nitrogens with zero attached hydrogens (tertiary/aromatic N) is 2. The quantitative estimate of drug-likeness (QED) is 0.825. The number of halogens is 2. The van der Waals surface area contributed by atoms with Gasteiger partial charge in [-0.1, -0.05) is 6.42 Å².